The molecule has 1 aromatic carbocycles. The number of halogens is 1. The molecule has 1 nitrogen and oxygen atoms in total. The summed E-state index contributed by atoms with van der Waals surface area (Å²) in [5.74, 6) is 1.57. The van der Waals surface area contributed by atoms with E-state index in [0.717, 1.165) is 17.7 Å². The Balaban J connectivity index is 3.22. The van der Waals surface area contributed by atoms with Gasteiger partial charge in [-0.25, -0.2) is 0 Å². The SMILES string of the molecule is COc1ccc(C(C)(C)C)cc1/C(C)=C/CCCl. The van der Waals surface area contributed by atoms with Gasteiger partial charge in [-0.1, -0.05) is 32.9 Å². The Bertz CT molecular complexity index is 427. The van der Waals surface area contributed by atoms with Crippen molar-refractivity contribution in [2.45, 2.75) is 39.5 Å². The molecule has 100 valence electrons. The summed E-state index contributed by atoms with van der Waals surface area (Å²) in [5.41, 5.74) is 3.85. The van der Waals surface area contributed by atoms with Crippen molar-refractivity contribution >= 4 is 17.2 Å². The molecule has 1 rings (SSSR count). The topological polar surface area (TPSA) is 9.23 Å². The normalized spacial score (nSPS) is 12.7. The van der Waals surface area contributed by atoms with Crippen LogP contribution in [0.1, 0.15) is 45.2 Å². The molecule has 2 heteroatoms. The van der Waals surface area contributed by atoms with Crippen LogP contribution in [0, 0.1) is 0 Å². The molecule has 0 bridgehead atoms. The van der Waals surface area contributed by atoms with Crippen molar-refractivity contribution in [3.8, 4) is 5.75 Å². The molecule has 0 atom stereocenters. The Hall–Kier alpha value is -0.950. The third-order valence-electron chi connectivity index (χ3n) is 3.05. The van der Waals surface area contributed by atoms with E-state index in [9.17, 15) is 0 Å². The van der Waals surface area contributed by atoms with Gasteiger partial charge in [0.1, 0.15) is 5.75 Å². The van der Waals surface area contributed by atoms with Crippen molar-refractivity contribution in [2.24, 2.45) is 0 Å². The Morgan fingerprint density at radius 3 is 2.50 bits per heavy atom. The molecule has 0 unspecified atom stereocenters. The highest BCUT2D eigenvalue weighted by Crippen LogP contribution is 2.32. The average Bonchev–Trinajstić information content (AvgIpc) is 2.34. The van der Waals surface area contributed by atoms with Crippen LogP contribution in [0.3, 0.4) is 0 Å². The molecule has 0 fully saturated rings. The predicted molar refractivity (Wildman–Crippen MR) is 80.7 cm³/mol. The number of allylic oxidation sites excluding steroid dienone is 2. The summed E-state index contributed by atoms with van der Waals surface area (Å²) in [4.78, 5) is 0. The van der Waals surface area contributed by atoms with E-state index in [4.69, 9.17) is 16.3 Å². The first-order chi connectivity index (χ1) is 8.40. The second kappa shape index (κ2) is 6.29. The fourth-order valence-corrected chi connectivity index (χ4v) is 1.97. The van der Waals surface area contributed by atoms with Gasteiger partial charge in [0.2, 0.25) is 0 Å². The van der Waals surface area contributed by atoms with Crippen molar-refractivity contribution < 1.29 is 4.74 Å². The summed E-state index contributed by atoms with van der Waals surface area (Å²) in [6.07, 6.45) is 3.05. The van der Waals surface area contributed by atoms with E-state index in [-0.39, 0.29) is 5.41 Å². The van der Waals surface area contributed by atoms with Gasteiger partial charge in [0.25, 0.3) is 0 Å². The van der Waals surface area contributed by atoms with Crippen LogP contribution >= 0.6 is 11.6 Å². The number of benzene rings is 1. The maximum Gasteiger partial charge on any atom is 0.126 e. The lowest BCUT2D eigenvalue weighted by Crippen LogP contribution is -2.11. The van der Waals surface area contributed by atoms with Crippen LogP contribution in [0.15, 0.2) is 24.3 Å². The number of hydrogen-bond acceptors (Lipinski definition) is 1. The van der Waals surface area contributed by atoms with Crippen molar-refractivity contribution in [1.82, 2.24) is 0 Å². The monoisotopic (exact) mass is 266 g/mol. The average molecular weight is 267 g/mol. The molecule has 0 aliphatic heterocycles. The van der Waals surface area contributed by atoms with Crippen molar-refractivity contribution in [1.29, 1.82) is 0 Å². The largest absolute Gasteiger partial charge is 0.496 e. The quantitative estimate of drug-likeness (QED) is 0.695. The summed E-state index contributed by atoms with van der Waals surface area (Å²) in [6, 6.07) is 6.41. The summed E-state index contributed by atoms with van der Waals surface area (Å²) in [6.45, 7) is 8.76. The standard InChI is InChI=1S/C16H23ClO/c1-12(7-6-10-17)14-11-13(16(2,3)4)8-9-15(14)18-5/h7-9,11H,6,10H2,1-5H3/b12-7+. The molecule has 0 saturated carbocycles. The molecule has 0 aliphatic rings. The second-order valence-electron chi connectivity index (χ2n) is 5.53. The van der Waals surface area contributed by atoms with Crippen molar-refractivity contribution in [2.75, 3.05) is 13.0 Å². The van der Waals surface area contributed by atoms with Crippen LogP contribution in [0.2, 0.25) is 0 Å². The maximum absolute atomic E-state index is 5.73. The first-order valence-electron chi connectivity index (χ1n) is 6.31. The number of alkyl halides is 1. The second-order valence-corrected chi connectivity index (χ2v) is 5.91. The Kier molecular flexibility index (Phi) is 5.28. The van der Waals surface area contributed by atoms with E-state index < -0.39 is 0 Å². The van der Waals surface area contributed by atoms with Gasteiger partial charge in [-0.2, -0.15) is 0 Å². The molecule has 0 aromatic heterocycles. The first kappa shape index (κ1) is 15.1. The zero-order valence-electron chi connectivity index (χ0n) is 12.0. The lowest BCUT2D eigenvalue weighted by Gasteiger charge is -2.21. The van der Waals surface area contributed by atoms with Gasteiger partial charge < -0.3 is 4.74 Å². The zero-order chi connectivity index (χ0) is 13.8. The Morgan fingerprint density at radius 2 is 2.00 bits per heavy atom. The van der Waals surface area contributed by atoms with E-state index in [0.29, 0.717) is 5.88 Å². The molecule has 1 aromatic rings. The number of ether oxygens (including phenoxy) is 1. The minimum atomic E-state index is 0.147. The molecule has 0 radical (unpaired) electrons. The molecule has 0 spiro atoms. The third-order valence-corrected chi connectivity index (χ3v) is 3.27. The van der Waals surface area contributed by atoms with Gasteiger partial charge in [-0.15, -0.1) is 11.6 Å². The van der Waals surface area contributed by atoms with Gasteiger partial charge in [0.05, 0.1) is 7.11 Å². The minimum Gasteiger partial charge on any atom is -0.496 e. The van der Waals surface area contributed by atoms with Crippen LogP contribution in [0.25, 0.3) is 5.57 Å². The third kappa shape index (κ3) is 3.78. The lowest BCUT2D eigenvalue weighted by atomic mass is 9.85. The fraction of sp³-hybridized carbons (Fsp3) is 0.500. The summed E-state index contributed by atoms with van der Waals surface area (Å²) >= 11 is 5.73. The van der Waals surface area contributed by atoms with E-state index in [1.165, 1.54) is 11.1 Å². The van der Waals surface area contributed by atoms with Gasteiger partial charge in [-0.3, -0.25) is 0 Å². The summed E-state index contributed by atoms with van der Waals surface area (Å²) in [5, 5.41) is 0. The molecule has 0 aliphatic carbocycles. The fourth-order valence-electron chi connectivity index (χ4n) is 1.86. The van der Waals surface area contributed by atoms with Gasteiger partial charge in [0.15, 0.2) is 0 Å². The number of rotatable bonds is 4. The van der Waals surface area contributed by atoms with Gasteiger partial charge in [0, 0.05) is 11.4 Å². The first-order valence-corrected chi connectivity index (χ1v) is 6.85. The van der Waals surface area contributed by atoms with E-state index in [1.807, 2.05) is 6.07 Å². The van der Waals surface area contributed by atoms with Crippen LogP contribution in [0.5, 0.6) is 5.75 Å². The number of hydrogen-bond donors (Lipinski definition) is 0. The molecular weight excluding hydrogens is 244 g/mol. The van der Waals surface area contributed by atoms with Crippen LogP contribution < -0.4 is 4.74 Å². The summed E-state index contributed by atoms with van der Waals surface area (Å²) in [7, 11) is 1.71. The smallest absolute Gasteiger partial charge is 0.126 e. The number of methoxy groups -OCH3 is 1. The zero-order valence-corrected chi connectivity index (χ0v) is 12.8. The van der Waals surface area contributed by atoms with Crippen molar-refractivity contribution in [3.63, 3.8) is 0 Å². The maximum atomic E-state index is 5.73. The highest BCUT2D eigenvalue weighted by molar-refractivity contribution is 6.17. The molecular formula is C16H23ClO. The Morgan fingerprint density at radius 1 is 1.33 bits per heavy atom. The molecule has 0 amide bonds. The Labute approximate surface area is 116 Å². The van der Waals surface area contributed by atoms with E-state index in [1.54, 1.807) is 7.11 Å². The van der Waals surface area contributed by atoms with Crippen LogP contribution in [-0.2, 0) is 5.41 Å². The highest BCUT2D eigenvalue weighted by atomic mass is 35.5. The van der Waals surface area contributed by atoms with Crippen LogP contribution in [0.4, 0.5) is 0 Å². The highest BCUT2D eigenvalue weighted by Gasteiger charge is 2.16. The van der Waals surface area contributed by atoms with Gasteiger partial charge in [-0.05, 0) is 42.0 Å². The molecule has 18 heavy (non-hydrogen) atoms. The molecule has 0 heterocycles. The minimum absolute atomic E-state index is 0.147. The van der Waals surface area contributed by atoms with Crippen molar-refractivity contribution in [3.05, 3.63) is 35.4 Å². The van der Waals surface area contributed by atoms with E-state index in [2.05, 4.69) is 45.9 Å². The van der Waals surface area contributed by atoms with Crippen LogP contribution in [-0.4, -0.2) is 13.0 Å². The predicted octanol–water partition coefficient (Wildman–Crippen LogP) is 5.02. The lowest BCUT2D eigenvalue weighted by molar-refractivity contribution is 0.413. The van der Waals surface area contributed by atoms with E-state index >= 15 is 0 Å². The molecule has 0 saturated heterocycles. The van der Waals surface area contributed by atoms with Gasteiger partial charge >= 0.3 is 0 Å². The molecule has 0 N–H and O–H groups in total. The summed E-state index contributed by atoms with van der Waals surface area (Å²) < 4.78 is 5.44.